The van der Waals surface area contributed by atoms with E-state index in [0.717, 1.165) is 10.9 Å². The first kappa shape index (κ1) is 10.3. The van der Waals surface area contributed by atoms with Gasteiger partial charge in [-0.1, -0.05) is 23.3 Å². The van der Waals surface area contributed by atoms with Crippen molar-refractivity contribution < 1.29 is 0 Å². The van der Waals surface area contributed by atoms with E-state index in [-0.39, 0.29) is 12.1 Å². The molecule has 0 radical (unpaired) electrons. The third kappa shape index (κ3) is 1.64. The van der Waals surface area contributed by atoms with E-state index in [1.165, 1.54) is 0 Å². The second-order valence-electron chi connectivity index (χ2n) is 3.48. The first-order chi connectivity index (χ1) is 7.74. The quantitative estimate of drug-likeness (QED) is 0.429. The van der Waals surface area contributed by atoms with Gasteiger partial charge in [0.15, 0.2) is 0 Å². The number of hydrogen-bond donors (Lipinski definition) is 0. The molecule has 0 fully saturated rings. The maximum absolute atomic E-state index is 11.9. The number of nitrogens with zero attached hydrogens (tertiary/aromatic N) is 4. The molecule has 80 valence electrons. The normalized spacial score (nSPS) is 10.1. The fourth-order valence-electron chi connectivity index (χ4n) is 1.71. The van der Waals surface area contributed by atoms with Gasteiger partial charge in [0, 0.05) is 17.5 Å². The van der Waals surface area contributed by atoms with E-state index in [2.05, 4.69) is 10.0 Å². The fourth-order valence-corrected chi connectivity index (χ4v) is 1.71. The highest BCUT2D eigenvalue weighted by Crippen LogP contribution is 2.12. The van der Waals surface area contributed by atoms with E-state index in [1.807, 2.05) is 24.3 Å². The zero-order valence-electron chi connectivity index (χ0n) is 8.79. The third-order valence-corrected chi connectivity index (χ3v) is 2.51. The maximum atomic E-state index is 11.9. The zero-order valence-corrected chi connectivity index (χ0v) is 8.79. The van der Waals surface area contributed by atoms with Crippen LogP contribution in [0.3, 0.4) is 0 Å². The summed E-state index contributed by atoms with van der Waals surface area (Å²) in [4.78, 5) is 14.5. The number of azide groups is 1. The summed E-state index contributed by atoms with van der Waals surface area (Å²) in [5.41, 5.74) is 9.52. The van der Waals surface area contributed by atoms with Crippen LogP contribution in [0.4, 0.5) is 0 Å². The average molecular weight is 214 g/mol. The number of aromatic nitrogens is 1. The van der Waals surface area contributed by atoms with Crippen LogP contribution in [-0.2, 0) is 13.6 Å². The number of aryl methyl sites for hydroxylation is 1. The summed E-state index contributed by atoms with van der Waals surface area (Å²) in [5, 5.41) is 4.38. The fraction of sp³-hybridized carbons (Fsp3) is 0.182. The minimum absolute atomic E-state index is 0.0913. The molecule has 5 nitrogen and oxygen atoms in total. The molecule has 0 atom stereocenters. The summed E-state index contributed by atoms with van der Waals surface area (Å²) in [7, 11) is 1.71. The molecular weight excluding hydrogens is 204 g/mol. The Balaban J connectivity index is 2.73. The Morgan fingerprint density at radius 1 is 1.44 bits per heavy atom. The third-order valence-electron chi connectivity index (χ3n) is 2.51. The number of benzene rings is 1. The van der Waals surface area contributed by atoms with Gasteiger partial charge >= 0.3 is 0 Å². The van der Waals surface area contributed by atoms with Gasteiger partial charge in [0.05, 0.1) is 12.1 Å². The topological polar surface area (TPSA) is 70.8 Å². The van der Waals surface area contributed by atoms with Gasteiger partial charge in [0.25, 0.3) is 5.56 Å². The number of fused-ring (bicyclic) bond motifs is 1. The molecule has 1 heterocycles. The van der Waals surface area contributed by atoms with Crippen molar-refractivity contribution in [1.29, 1.82) is 0 Å². The number of para-hydroxylation sites is 1. The second-order valence-corrected chi connectivity index (χ2v) is 3.48. The Morgan fingerprint density at radius 3 is 2.94 bits per heavy atom. The Bertz CT molecular complexity index is 638. The molecule has 0 amide bonds. The van der Waals surface area contributed by atoms with Crippen LogP contribution in [-0.4, -0.2) is 4.57 Å². The standard InChI is InChI=1S/C11H10N4O/c1-15-10-5-3-2-4-8(10)6-9(11(15)16)7-13-14-12/h2-6H,7H2,1H3. The van der Waals surface area contributed by atoms with Gasteiger partial charge in [0.2, 0.25) is 0 Å². The molecule has 2 rings (SSSR count). The Labute approximate surface area is 91.6 Å². The first-order valence-corrected chi connectivity index (χ1v) is 4.82. The van der Waals surface area contributed by atoms with Crippen LogP contribution in [0.1, 0.15) is 5.56 Å². The average Bonchev–Trinajstić information content (AvgIpc) is 2.32. The SMILES string of the molecule is Cn1c(=O)c(CN=[N+]=[N-])cc2ccccc21. The molecule has 0 unspecified atom stereocenters. The minimum atomic E-state index is -0.119. The van der Waals surface area contributed by atoms with Gasteiger partial charge in [0.1, 0.15) is 0 Å². The zero-order chi connectivity index (χ0) is 11.5. The number of rotatable bonds is 2. The highest BCUT2D eigenvalue weighted by molar-refractivity contribution is 5.79. The lowest BCUT2D eigenvalue weighted by Crippen LogP contribution is -2.20. The Hall–Kier alpha value is -2.26. The highest BCUT2D eigenvalue weighted by atomic mass is 16.1. The first-order valence-electron chi connectivity index (χ1n) is 4.82. The molecule has 0 bridgehead atoms. The van der Waals surface area contributed by atoms with Crippen molar-refractivity contribution in [2.24, 2.45) is 12.2 Å². The molecule has 1 aromatic carbocycles. The van der Waals surface area contributed by atoms with Crippen LogP contribution in [0.15, 0.2) is 40.2 Å². The van der Waals surface area contributed by atoms with Gasteiger partial charge in [-0.2, -0.15) is 0 Å². The smallest absolute Gasteiger partial charge is 0.254 e. The lowest BCUT2D eigenvalue weighted by Gasteiger charge is -2.06. The molecule has 0 N–H and O–H groups in total. The van der Waals surface area contributed by atoms with E-state index < -0.39 is 0 Å². The van der Waals surface area contributed by atoms with Crippen molar-refractivity contribution in [1.82, 2.24) is 4.57 Å². The molecule has 0 saturated heterocycles. The summed E-state index contributed by atoms with van der Waals surface area (Å²) in [6.45, 7) is 0.0913. The van der Waals surface area contributed by atoms with E-state index >= 15 is 0 Å². The van der Waals surface area contributed by atoms with Crippen LogP contribution >= 0.6 is 0 Å². The molecule has 1 aromatic heterocycles. The molecule has 0 aliphatic rings. The van der Waals surface area contributed by atoms with Crippen molar-refractivity contribution >= 4 is 10.9 Å². The van der Waals surface area contributed by atoms with E-state index in [4.69, 9.17) is 5.53 Å². The highest BCUT2D eigenvalue weighted by Gasteiger charge is 2.04. The van der Waals surface area contributed by atoms with Crippen molar-refractivity contribution in [3.8, 4) is 0 Å². The summed E-state index contributed by atoms with van der Waals surface area (Å²) < 4.78 is 1.57. The van der Waals surface area contributed by atoms with Gasteiger partial charge in [-0.05, 0) is 23.1 Å². The molecule has 5 heteroatoms. The summed E-state index contributed by atoms with van der Waals surface area (Å²) in [6, 6.07) is 9.37. The van der Waals surface area contributed by atoms with Gasteiger partial charge < -0.3 is 4.57 Å². The van der Waals surface area contributed by atoms with Crippen molar-refractivity contribution in [2.75, 3.05) is 0 Å². The minimum Gasteiger partial charge on any atom is -0.311 e. The lowest BCUT2D eigenvalue weighted by molar-refractivity contribution is 0.867. The summed E-state index contributed by atoms with van der Waals surface area (Å²) in [6.07, 6.45) is 0. The monoisotopic (exact) mass is 214 g/mol. The van der Waals surface area contributed by atoms with Crippen LogP contribution in [0, 0.1) is 0 Å². The largest absolute Gasteiger partial charge is 0.311 e. The Morgan fingerprint density at radius 2 is 2.19 bits per heavy atom. The van der Waals surface area contributed by atoms with Crippen LogP contribution in [0.25, 0.3) is 21.3 Å². The number of pyridine rings is 1. The van der Waals surface area contributed by atoms with Crippen LogP contribution in [0.5, 0.6) is 0 Å². The number of hydrogen-bond acceptors (Lipinski definition) is 2. The molecular formula is C11H10N4O. The van der Waals surface area contributed by atoms with Crippen molar-refractivity contribution in [2.45, 2.75) is 6.54 Å². The lowest BCUT2D eigenvalue weighted by atomic mass is 10.1. The summed E-state index contributed by atoms with van der Waals surface area (Å²) >= 11 is 0. The Kier molecular flexibility index (Phi) is 2.62. The van der Waals surface area contributed by atoms with Gasteiger partial charge in [-0.15, -0.1) is 0 Å². The van der Waals surface area contributed by atoms with Crippen LogP contribution in [0.2, 0.25) is 0 Å². The van der Waals surface area contributed by atoms with E-state index in [0.29, 0.717) is 5.56 Å². The van der Waals surface area contributed by atoms with Crippen molar-refractivity contribution in [3.05, 3.63) is 56.7 Å². The predicted molar refractivity (Wildman–Crippen MR) is 62.0 cm³/mol. The molecule has 0 aliphatic carbocycles. The molecule has 0 aliphatic heterocycles. The van der Waals surface area contributed by atoms with E-state index in [9.17, 15) is 4.79 Å². The van der Waals surface area contributed by atoms with Crippen molar-refractivity contribution in [3.63, 3.8) is 0 Å². The van der Waals surface area contributed by atoms with Gasteiger partial charge in [-0.3, -0.25) is 4.79 Å². The molecule has 0 saturated carbocycles. The molecule has 0 spiro atoms. The van der Waals surface area contributed by atoms with E-state index in [1.54, 1.807) is 17.7 Å². The second kappa shape index (κ2) is 4.08. The molecule has 16 heavy (non-hydrogen) atoms. The summed E-state index contributed by atoms with van der Waals surface area (Å²) in [5.74, 6) is 0. The predicted octanol–water partition coefficient (Wildman–Crippen LogP) is 2.35. The maximum Gasteiger partial charge on any atom is 0.254 e. The van der Waals surface area contributed by atoms with Crippen LogP contribution < -0.4 is 5.56 Å². The molecule has 2 aromatic rings. The van der Waals surface area contributed by atoms with Gasteiger partial charge in [-0.25, -0.2) is 0 Å².